The van der Waals surface area contributed by atoms with Crippen molar-refractivity contribution in [3.8, 4) is 5.82 Å². The number of rotatable bonds is 1. The molecule has 1 N–H and O–H groups in total. The van der Waals surface area contributed by atoms with Gasteiger partial charge in [0.2, 0.25) is 0 Å². The second-order valence-electron chi connectivity index (χ2n) is 3.27. The summed E-state index contributed by atoms with van der Waals surface area (Å²) in [6.07, 6.45) is 1.38. The smallest absolute Gasteiger partial charge is 0.266 e. The molecule has 0 aliphatic heterocycles. The van der Waals surface area contributed by atoms with Gasteiger partial charge in [-0.2, -0.15) is 5.10 Å². The number of aryl methyl sites for hydroxylation is 1. The maximum absolute atomic E-state index is 11.5. The zero-order valence-corrected chi connectivity index (χ0v) is 12.3. The lowest BCUT2D eigenvalue weighted by Gasteiger charge is -2.04. The Bertz CT molecular complexity index is 604. The number of nitrogens with zero attached hydrogens (tertiary/aromatic N) is 3. The maximum atomic E-state index is 11.5. The molecule has 5 nitrogen and oxygen atoms in total. The predicted molar refractivity (Wildman–Crippen MR) is 71.9 cm³/mol. The van der Waals surface area contributed by atoms with Crippen molar-refractivity contribution in [2.75, 3.05) is 0 Å². The zero-order chi connectivity index (χ0) is 11.9. The van der Waals surface area contributed by atoms with Gasteiger partial charge in [-0.1, -0.05) is 0 Å². The fourth-order valence-electron chi connectivity index (χ4n) is 1.35. The lowest BCUT2D eigenvalue weighted by atomic mass is 10.4. The number of aromatic amines is 1. The Hall–Kier alpha value is -0.700. The van der Waals surface area contributed by atoms with Crippen LogP contribution in [0, 0.1) is 17.4 Å². The highest BCUT2D eigenvalue weighted by Gasteiger charge is 2.14. The monoisotopic (exact) mass is 394 g/mol. The van der Waals surface area contributed by atoms with Crippen LogP contribution in [-0.2, 0) is 0 Å². The summed E-state index contributed by atoms with van der Waals surface area (Å²) in [6, 6.07) is 0. The Morgan fingerprint density at radius 1 is 1.50 bits per heavy atom. The van der Waals surface area contributed by atoms with Crippen LogP contribution in [0.4, 0.5) is 0 Å². The van der Waals surface area contributed by atoms with Gasteiger partial charge in [-0.05, 0) is 52.4 Å². The molecule has 84 valence electrons. The Morgan fingerprint density at radius 3 is 2.75 bits per heavy atom. The number of nitrogens with one attached hydrogen (secondary N) is 1. The number of H-pyrrole nitrogens is 1. The summed E-state index contributed by atoms with van der Waals surface area (Å²) >= 11 is 5.40. The van der Waals surface area contributed by atoms with Crippen LogP contribution >= 0.6 is 38.5 Å². The average Bonchev–Trinajstić information content (AvgIpc) is 2.50. The number of halogens is 2. The van der Waals surface area contributed by atoms with E-state index in [1.54, 1.807) is 4.68 Å². The molecule has 0 unspecified atom stereocenters. The molecule has 0 aromatic carbocycles. The molecule has 0 amide bonds. The van der Waals surface area contributed by atoms with Gasteiger partial charge in [0.15, 0.2) is 5.82 Å². The Balaban J connectivity index is 2.73. The van der Waals surface area contributed by atoms with Gasteiger partial charge in [-0.3, -0.25) is 4.79 Å². The molecular weight excluding hydrogens is 387 g/mol. The van der Waals surface area contributed by atoms with Crippen molar-refractivity contribution in [2.45, 2.75) is 13.8 Å². The minimum absolute atomic E-state index is 0.158. The zero-order valence-electron chi connectivity index (χ0n) is 8.58. The molecule has 0 radical (unpaired) electrons. The van der Waals surface area contributed by atoms with Crippen LogP contribution in [-0.4, -0.2) is 19.7 Å². The third kappa shape index (κ3) is 1.81. The van der Waals surface area contributed by atoms with Gasteiger partial charge in [-0.25, -0.2) is 9.67 Å². The molecule has 0 aliphatic rings. The average molecular weight is 395 g/mol. The highest BCUT2D eigenvalue weighted by atomic mass is 127. The lowest BCUT2D eigenvalue weighted by Crippen LogP contribution is -2.16. The van der Waals surface area contributed by atoms with E-state index in [0.717, 1.165) is 15.9 Å². The molecule has 0 spiro atoms. The van der Waals surface area contributed by atoms with E-state index in [-0.39, 0.29) is 5.56 Å². The van der Waals surface area contributed by atoms with Gasteiger partial charge in [0.05, 0.1) is 22.2 Å². The Morgan fingerprint density at radius 2 is 2.19 bits per heavy atom. The molecule has 0 fully saturated rings. The first-order valence-corrected chi connectivity index (χ1v) is 6.35. The van der Waals surface area contributed by atoms with Crippen LogP contribution in [0.25, 0.3) is 5.82 Å². The summed E-state index contributed by atoms with van der Waals surface area (Å²) in [6.45, 7) is 3.82. The number of hydrogen-bond donors (Lipinski definition) is 1. The third-order valence-electron chi connectivity index (χ3n) is 2.18. The minimum Gasteiger partial charge on any atom is -0.312 e. The normalized spacial score (nSPS) is 10.8. The van der Waals surface area contributed by atoms with Crippen molar-refractivity contribution in [3.63, 3.8) is 0 Å². The summed E-state index contributed by atoms with van der Waals surface area (Å²) in [5.74, 6) is 0.552. The van der Waals surface area contributed by atoms with Crippen LogP contribution in [0.5, 0.6) is 0 Å². The summed E-state index contributed by atoms with van der Waals surface area (Å²) < 4.78 is 3.12. The van der Waals surface area contributed by atoms with E-state index >= 15 is 0 Å². The summed E-state index contributed by atoms with van der Waals surface area (Å²) in [4.78, 5) is 18.1. The van der Waals surface area contributed by atoms with E-state index in [1.807, 2.05) is 36.4 Å². The molecule has 0 aliphatic carbocycles. The van der Waals surface area contributed by atoms with Crippen LogP contribution in [0.1, 0.15) is 11.4 Å². The fraction of sp³-hybridized carbons (Fsp3) is 0.222. The standard InChI is InChI=1S/C9H8BrIN4O/c1-4-6(10)5(2)15(14-4)8-7(11)9(16)13-3-12-8/h3H,1-2H3,(H,12,13,16). The van der Waals surface area contributed by atoms with Crippen molar-refractivity contribution in [1.82, 2.24) is 19.7 Å². The molecule has 0 saturated carbocycles. The molecule has 2 rings (SSSR count). The molecule has 0 atom stereocenters. The van der Waals surface area contributed by atoms with Crippen molar-refractivity contribution in [2.24, 2.45) is 0 Å². The van der Waals surface area contributed by atoms with Crippen LogP contribution < -0.4 is 5.56 Å². The summed E-state index contributed by atoms with van der Waals surface area (Å²) in [5, 5.41) is 4.33. The van der Waals surface area contributed by atoms with Crippen LogP contribution in [0.15, 0.2) is 15.6 Å². The molecule has 2 aromatic rings. The first-order chi connectivity index (χ1) is 7.52. The van der Waals surface area contributed by atoms with Crippen molar-refractivity contribution in [1.29, 1.82) is 0 Å². The minimum atomic E-state index is -0.158. The highest BCUT2D eigenvalue weighted by Crippen LogP contribution is 2.22. The van der Waals surface area contributed by atoms with Crippen molar-refractivity contribution >= 4 is 38.5 Å². The Labute approximate surface area is 114 Å². The van der Waals surface area contributed by atoms with Crippen molar-refractivity contribution < 1.29 is 0 Å². The number of hydrogen-bond acceptors (Lipinski definition) is 3. The van der Waals surface area contributed by atoms with Crippen LogP contribution in [0.2, 0.25) is 0 Å². The third-order valence-corrected chi connectivity index (χ3v) is 4.30. The largest absolute Gasteiger partial charge is 0.312 e. The Kier molecular flexibility index (Phi) is 3.15. The molecule has 7 heteroatoms. The molecular formula is C9H8BrIN4O. The molecule has 0 saturated heterocycles. The molecule has 16 heavy (non-hydrogen) atoms. The first kappa shape index (κ1) is 11.8. The molecule has 0 bridgehead atoms. The first-order valence-electron chi connectivity index (χ1n) is 4.47. The van der Waals surface area contributed by atoms with Crippen molar-refractivity contribution in [3.05, 3.63) is 36.1 Å². The lowest BCUT2D eigenvalue weighted by molar-refractivity contribution is 0.791. The summed E-state index contributed by atoms with van der Waals surface area (Å²) in [5.41, 5.74) is 1.64. The highest BCUT2D eigenvalue weighted by molar-refractivity contribution is 14.1. The van der Waals surface area contributed by atoms with E-state index < -0.39 is 0 Å². The molecule has 2 aromatic heterocycles. The molecule has 2 heterocycles. The second-order valence-corrected chi connectivity index (χ2v) is 5.14. The topological polar surface area (TPSA) is 63.6 Å². The van der Waals surface area contributed by atoms with E-state index in [4.69, 9.17) is 0 Å². The second kappa shape index (κ2) is 4.28. The summed E-state index contributed by atoms with van der Waals surface area (Å²) in [7, 11) is 0. The van der Waals surface area contributed by atoms with E-state index in [9.17, 15) is 4.79 Å². The van der Waals surface area contributed by atoms with Gasteiger partial charge in [-0.15, -0.1) is 0 Å². The van der Waals surface area contributed by atoms with Gasteiger partial charge in [0, 0.05) is 0 Å². The quantitative estimate of drug-likeness (QED) is 0.752. The van der Waals surface area contributed by atoms with Gasteiger partial charge >= 0.3 is 0 Å². The van der Waals surface area contributed by atoms with Gasteiger partial charge < -0.3 is 4.98 Å². The van der Waals surface area contributed by atoms with Gasteiger partial charge in [0.1, 0.15) is 3.57 Å². The van der Waals surface area contributed by atoms with E-state index in [1.165, 1.54) is 6.33 Å². The number of aromatic nitrogens is 4. The van der Waals surface area contributed by atoms with Crippen LogP contribution in [0.3, 0.4) is 0 Å². The SMILES string of the molecule is Cc1nn(-c2nc[nH]c(=O)c2I)c(C)c1Br. The fourth-order valence-corrected chi connectivity index (χ4v) is 2.12. The maximum Gasteiger partial charge on any atom is 0.266 e. The van der Waals surface area contributed by atoms with E-state index in [0.29, 0.717) is 9.39 Å². The predicted octanol–water partition coefficient (Wildman–Crippen LogP) is 1.94. The van der Waals surface area contributed by atoms with E-state index in [2.05, 4.69) is 31.0 Å². The van der Waals surface area contributed by atoms with Gasteiger partial charge in [0.25, 0.3) is 5.56 Å².